The van der Waals surface area contributed by atoms with Crippen molar-refractivity contribution < 1.29 is 22.7 Å². The van der Waals surface area contributed by atoms with Crippen molar-refractivity contribution in [3.63, 3.8) is 0 Å². The number of sulfonamides is 1. The van der Waals surface area contributed by atoms with Crippen LogP contribution in [-0.4, -0.2) is 40.1 Å². The van der Waals surface area contributed by atoms with Crippen LogP contribution in [0.4, 0.5) is 5.69 Å². The molecule has 2 aromatic rings. The molecule has 0 fully saturated rings. The van der Waals surface area contributed by atoms with Crippen LogP contribution in [0.25, 0.3) is 6.08 Å². The van der Waals surface area contributed by atoms with Crippen LogP contribution in [0.1, 0.15) is 21.5 Å². The van der Waals surface area contributed by atoms with Gasteiger partial charge < -0.3 is 4.74 Å². The number of Topliss-reactive ketones (excluding diaryl/α,β-unsaturated/α-hetero) is 1. The number of aryl methyl sites for hydroxylation is 1. The minimum atomic E-state index is -3.37. The van der Waals surface area contributed by atoms with Crippen molar-refractivity contribution in [2.24, 2.45) is 0 Å². The largest absolute Gasteiger partial charge is 0.454 e. The lowest BCUT2D eigenvalue weighted by Crippen LogP contribution is -2.24. The molecule has 0 amide bonds. The fraction of sp³-hybridized carbons (Fsp3) is 0.200. The van der Waals surface area contributed by atoms with Crippen LogP contribution in [0.3, 0.4) is 0 Å². The number of benzene rings is 2. The first kappa shape index (κ1) is 20.4. The second kappa shape index (κ2) is 8.64. The van der Waals surface area contributed by atoms with E-state index in [2.05, 4.69) is 0 Å². The van der Waals surface area contributed by atoms with E-state index in [9.17, 15) is 18.0 Å². The maximum Gasteiger partial charge on any atom is 0.331 e. The van der Waals surface area contributed by atoms with E-state index >= 15 is 0 Å². The van der Waals surface area contributed by atoms with Gasteiger partial charge in [0.1, 0.15) is 0 Å². The molecule has 0 unspecified atom stereocenters. The van der Waals surface area contributed by atoms with Crippen LogP contribution >= 0.6 is 0 Å². The number of rotatable bonds is 7. The van der Waals surface area contributed by atoms with Crippen LogP contribution < -0.4 is 4.31 Å². The molecule has 0 aliphatic heterocycles. The summed E-state index contributed by atoms with van der Waals surface area (Å²) in [7, 11) is -1.95. The number of hydrogen-bond donors (Lipinski definition) is 0. The predicted octanol–water partition coefficient (Wildman–Crippen LogP) is 2.83. The Morgan fingerprint density at radius 3 is 2.37 bits per heavy atom. The Morgan fingerprint density at radius 1 is 1.11 bits per heavy atom. The molecule has 0 saturated carbocycles. The van der Waals surface area contributed by atoms with Gasteiger partial charge in [0.05, 0.1) is 11.9 Å². The van der Waals surface area contributed by atoms with Gasteiger partial charge in [-0.05, 0) is 42.8 Å². The Labute approximate surface area is 159 Å². The van der Waals surface area contributed by atoms with Crippen molar-refractivity contribution in [2.75, 3.05) is 24.2 Å². The van der Waals surface area contributed by atoms with Crippen LogP contribution in [0.5, 0.6) is 0 Å². The summed E-state index contributed by atoms with van der Waals surface area (Å²) in [4.78, 5) is 23.9. The highest BCUT2D eigenvalue weighted by atomic mass is 32.2. The summed E-state index contributed by atoms with van der Waals surface area (Å²) in [5.41, 5.74) is 2.71. The van der Waals surface area contributed by atoms with Crippen molar-refractivity contribution in [3.8, 4) is 0 Å². The number of hydrogen-bond acceptors (Lipinski definition) is 5. The molecule has 6 nitrogen and oxygen atoms in total. The summed E-state index contributed by atoms with van der Waals surface area (Å²) < 4.78 is 29.1. The molecule has 0 spiro atoms. The molecular formula is C20H21NO5S. The zero-order valence-corrected chi connectivity index (χ0v) is 16.2. The van der Waals surface area contributed by atoms with E-state index in [0.29, 0.717) is 11.3 Å². The Kier molecular flexibility index (Phi) is 6.52. The van der Waals surface area contributed by atoms with E-state index in [1.807, 2.05) is 31.2 Å². The van der Waals surface area contributed by atoms with Gasteiger partial charge in [-0.25, -0.2) is 13.2 Å². The van der Waals surface area contributed by atoms with Gasteiger partial charge in [-0.1, -0.05) is 29.8 Å². The van der Waals surface area contributed by atoms with Crippen molar-refractivity contribution in [1.29, 1.82) is 0 Å². The Bertz CT molecular complexity index is 962. The quantitative estimate of drug-likeness (QED) is 0.415. The SMILES string of the molecule is Cc1cccc(/C=C/C(=O)OCC(=O)c2ccc(N(C)S(C)(=O)=O)cc2)c1. The first-order valence-electron chi connectivity index (χ1n) is 8.15. The number of ketones is 1. The molecule has 142 valence electrons. The molecule has 0 aliphatic rings. The second-order valence-corrected chi connectivity index (χ2v) is 8.07. The molecule has 0 bridgehead atoms. The number of nitrogens with zero attached hydrogens (tertiary/aromatic N) is 1. The fourth-order valence-corrected chi connectivity index (χ4v) is 2.76. The minimum absolute atomic E-state index is 0.330. The maximum absolute atomic E-state index is 12.1. The van der Waals surface area contributed by atoms with Gasteiger partial charge in [0, 0.05) is 18.7 Å². The maximum atomic E-state index is 12.1. The second-order valence-electron chi connectivity index (χ2n) is 6.06. The highest BCUT2D eigenvalue weighted by molar-refractivity contribution is 7.92. The Balaban J connectivity index is 1.92. The smallest absolute Gasteiger partial charge is 0.331 e. The van der Waals surface area contributed by atoms with Crippen LogP contribution in [0.15, 0.2) is 54.6 Å². The van der Waals surface area contributed by atoms with E-state index < -0.39 is 22.6 Å². The monoisotopic (exact) mass is 387 g/mol. The lowest BCUT2D eigenvalue weighted by molar-refractivity contribution is -0.136. The highest BCUT2D eigenvalue weighted by Gasteiger charge is 2.13. The molecule has 2 aromatic carbocycles. The van der Waals surface area contributed by atoms with Gasteiger partial charge >= 0.3 is 5.97 Å². The standard InChI is InChI=1S/C20H21NO5S/c1-15-5-4-6-16(13-15)7-12-20(23)26-14-19(22)17-8-10-18(11-9-17)21(2)27(3,24)25/h4-13H,14H2,1-3H3/b12-7+. The number of anilines is 1. The Hall–Kier alpha value is -2.93. The van der Waals surface area contributed by atoms with Gasteiger partial charge in [0.2, 0.25) is 10.0 Å². The third-order valence-corrected chi connectivity index (χ3v) is 5.06. The van der Waals surface area contributed by atoms with Crippen molar-refractivity contribution >= 4 is 33.5 Å². The van der Waals surface area contributed by atoms with Gasteiger partial charge in [0.25, 0.3) is 0 Å². The third kappa shape index (κ3) is 6.07. The molecule has 0 N–H and O–H groups in total. The first-order chi connectivity index (χ1) is 12.7. The van der Waals surface area contributed by atoms with Crippen LogP contribution in [0.2, 0.25) is 0 Å². The highest BCUT2D eigenvalue weighted by Crippen LogP contribution is 2.16. The predicted molar refractivity (Wildman–Crippen MR) is 105 cm³/mol. The van der Waals surface area contributed by atoms with Gasteiger partial charge in [-0.2, -0.15) is 0 Å². The summed E-state index contributed by atoms with van der Waals surface area (Å²) in [6.07, 6.45) is 3.98. The van der Waals surface area contributed by atoms with E-state index in [-0.39, 0.29) is 5.78 Å². The molecule has 0 radical (unpaired) electrons. The van der Waals surface area contributed by atoms with Crippen molar-refractivity contribution in [1.82, 2.24) is 0 Å². The molecule has 0 aliphatic carbocycles. The number of carbonyl (C=O) groups excluding carboxylic acids is 2. The van der Waals surface area contributed by atoms with Crippen LogP contribution in [0, 0.1) is 6.92 Å². The Morgan fingerprint density at radius 2 is 1.78 bits per heavy atom. The summed E-state index contributed by atoms with van der Waals surface area (Å²) in [6.45, 7) is 1.56. The average Bonchev–Trinajstić information content (AvgIpc) is 2.63. The van der Waals surface area contributed by atoms with Crippen molar-refractivity contribution in [3.05, 3.63) is 71.3 Å². The number of ether oxygens (including phenoxy) is 1. The van der Waals surface area contributed by atoms with Gasteiger partial charge in [-0.3, -0.25) is 9.10 Å². The summed E-state index contributed by atoms with van der Waals surface area (Å²) >= 11 is 0. The van der Waals surface area contributed by atoms with Crippen LogP contribution in [-0.2, 0) is 19.6 Å². The fourth-order valence-electron chi connectivity index (χ4n) is 2.25. The zero-order chi connectivity index (χ0) is 20.0. The summed E-state index contributed by atoms with van der Waals surface area (Å²) in [5, 5.41) is 0. The van der Waals surface area contributed by atoms with E-state index in [1.165, 1.54) is 37.4 Å². The van der Waals surface area contributed by atoms with E-state index in [1.54, 1.807) is 6.08 Å². The van der Waals surface area contributed by atoms with Crippen molar-refractivity contribution in [2.45, 2.75) is 6.92 Å². The molecule has 0 saturated heterocycles. The normalized spacial score (nSPS) is 11.4. The average molecular weight is 387 g/mol. The van der Waals surface area contributed by atoms with E-state index in [0.717, 1.165) is 21.7 Å². The molecule has 0 aromatic heterocycles. The zero-order valence-electron chi connectivity index (χ0n) is 15.4. The molecule has 27 heavy (non-hydrogen) atoms. The topological polar surface area (TPSA) is 80.8 Å². The minimum Gasteiger partial charge on any atom is -0.454 e. The summed E-state index contributed by atoms with van der Waals surface area (Å²) in [6, 6.07) is 13.6. The molecule has 2 rings (SSSR count). The lowest BCUT2D eigenvalue weighted by Gasteiger charge is -2.16. The molecule has 0 heterocycles. The molecule has 7 heteroatoms. The number of carbonyl (C=O) groups is 2. The van der Waals surface area contributed by atoms with E-state index in [4.69, 9.17) is 4.74 Å². The van der Waals surface area contributed by atoms with Gasteiger partial charge in [-0.15, -0.1) is 0 Å². The third-order valence-electron chi connectivity index (χ3n) is 3.85. The molecule has 0 atom stereocenters. The number of esters is 1. The first-order valence-corrected chi connectivity index (χ1v) is 10.0. The van der Waals surface area contributed by atoms with Gasteiger partial charge in [0.15, 0.2) is 12.4 Å². The molecular weight excluding hydrogens is 366 g/mol. The summed E-state index contributed by atoms with van der Waals surface area (Å²) in [5.74, 6) is -0.987. The lowest BCUT2D eigenvalue weighted by atomic mass is 10.1.